The number of hydrogen-bond acceptors (Lipinski definition) is 3. The van der Waals surface area contributed by atoms with Gasteiger partial charge in [-0.3, -0.25) is 0 Å². The second-order valence-electron chi connectivity index (χ2n) is 11.9. The zero-order chi connectivity index (χ0) is 30.2. The van der Waals surface area contributed by atoms with E-state index in [0.29, 0.717) is 0 Å². The van der Waals surface area contributed by atoms with Gasteiger partial charge in [0.1, 0.15) is 11.2 Å². The van der Waals surface area contributed by atoms with Crippen molar-refractivity contribution < 1.29 is 4.42 Å². The fraction of sp³-hybridized carbons (Fsp3) is 0. The van der Waals surface area contributed by atoms with E-state index in [2.05, 4.69) is 152 Å². The first-order valence-corrected chi connectivity index (χ1v) is 16.4. The Bertz CT molecular complexity index is 2810. The maximum absolute atomic E-state index is 6.46. The van der Waals surface area contributed by atoms with Crippen molar-refractivity contribution in [3.63, 3.8) is 0 Å². The molecule has 10 rings (SSSR count). The van der Waals surface area contributed by atoms with Crippen molar-refractivity contribution in [3.8, 4) is 33.5 Å². The minimum Gasteiger partial charge on any atom is -0.456 e. The molecule has 7 aromatic carbocycles. The minimum atomic E-state index is 0.854. The van der Waals surface area contributed by atoms with Crippen molar-refractivity contribution in [1.82, 2.24) is 4.98 Å². The van der Waals surface area contributed by atoms with Gasteiger partial charge in [0.25, 0.3) is 0 Å². The molecule has 3 heteroatoms. The van der Waals surface area contributed by atoms with Crippen molar-refractivity contribution in [3.05, 3.63) is 152 Å². The Balaban J connectivity index is 1.24. The van der Waals surface area contributed by atoms with Crippen molar-refractivity contribution in [2.45, 2.75) is 0 Å². The zero-order valence-electron chi connectivity index (χ0n) is 24.7. The molecule has 2 nitrogen and oxygen atoms in total. The highest BCUT2D eigenvalue weighted by Crippen LogP contribution is 2.42. The van der Waals surface area contributed by atoms with Crippen LogP contribution in [0.4, 0.5) is 0 Å². The molecular weight excluding hydrogens is 579 g/mol. The Kier molecular flexibility index (Phi) is 5.48. The summed E-state index contributed by atoms with van der Waals surface area (Å²) in [5, 5.41) is 8.29. The van der Waals surface area contributed by atoms with Crippen LogP contribution >= 0.6 is 11.3 Å². The third-order valence-electron chi connectivity index (χ3n) is 9.26. The Morgan fingerprint density at radius 1 is 0.435 bits per heavy atom. The van der Waals surface area contributed by atoms with Crippen LogP contribution in [0.25, 0.3) is 97.3 Å². The molecule has 0 unspecified atom stereocenters. The quantitative estimate of drug-likeness (QED) is 0.201. The molecule has 0 aliphatic carbocycles. The molecular formula is C43H25NOS. The van der Waals surface area contributed by atoms with Gasteiger partial charge in [0.15, 0.2) is 0 Å². The van der Waals surface area contributed by atoms with Crippen molar-refractivity contribution in [2.24, 2.45) is 0 Å². The van der Waals surface area contributed by atoms with Gasteiger partial charge in [-0.15, -0.1) is 11.3 Å². The van der Waals surface area contributed by atoms with Gasteiger partial charge in [0.2, 0.25) is 0 Å². The van der Waals surface area contributed by atoms with E-state index in [9.17, 15) is 0 Å². The van der Waals surface area contributed by atoms with Gasteiger partial charge in [-0.1, -0.05) is 103 Å². The van der Waals surface area contributed by atoms with Crippen LogP contribution in [0.15, 0.2) is 156 Å². The lowest BCUT2D eigenvalue weighted by Gasteiger charge is -2.12. The average Bonchev–Trinajstić information content (AvgIpc) is 3.70. The predicted molar refractivity (Wildman–Crippen MR) is 196 cm³/mol. The lowest BCUT2D eigenvalue weighted by Crippen LogP contribution is -1.91. The lowest BCUT2D eigenvalue weighted by atomic mass is 9.94. The van der Waals surface area contributed by atoms with Gasteiger partial charge >= 0.3 is 0 Å². The van der Waals surface area contributed by atoms with E-state index in [1.807, 2.05) is 11.3 Å². The number of hydrogen-bond donors (Lipinski definition) is 0. The van der Waals surface area contributed by atoms with Gasteiger partial charge in [-0.25, -0.2) is 4.98 Å². The summed E-state index contributed by atoms with van der Waals surface area (Å²) in [6.07, 6.45) is 0. The first-order chi connectivity index (χ1) is 22.8. The maximum atomic E-state index is 6.46. The monoisotopic (exact) mass is 603 g/mol. The molecule has 46 heavy (non-hydrogen) atoms. The van der Waals surface area contributed by atoms with Gasteiger partial charge in [0, 0.05) is 36.5 Å². The summed E-state index contributed by atoms with van der Waals surface area (Å²) in [6, 6.07) is 54.2. The Hall–Kier alpha value is -5.77. The van der Waals surface area contributed by atoms with Gasteiger partial charge in [0.05, 0.1) is 16.6 Å². The van der Waals surface area contributed by atoms with Crippen LogP contribution in [-0.2, 0) is 0 Å². The SMILES string of the molecule is c1ccc(-c2cc(-c3cccc(-c4ccc5sc6ccccc6c5c4)c3)nc3c2ccc2oc4ccc5ccccc5c4c23)cc1. The third-order valence-corrected chi connectivity index (χ3v) is 10.4. The maximum Gasteiger partial charge on any atom is 0.137 e. The fourth-order valence-electron chi connectivity index (χ4n) is 7.08. The molecule has 0 spiro atoms. The number of benzene rings is 7. The molecule has 0 aliphatic rings. The van der Waals surface area contributed by atoms with Gasteiger partial charge in [-0.2, -0.15) is 0 Å². The second kappa shape index (κ2) is 9.87. The number of furan rings is 1. The van der Waals surface area contributed by atoms with E-state index in [1.165, 1.54) is 47.6 Å². The van der Waals surface area contributed by atoms with Crippen LogP contribution in [0.3, 0.4) is 0 Å². The van der Waals surface area contributed by atoms with Crippen molar-refractivity contribution >= 4 is 75.1 Å². The third kappa shape index (κ3) is 3.86. The van der Waals surface area contributed by atoms with E-state index in [0.717, 1.165) is 49.7 Å². The molecule has 0 atom stereocenters. The van der Waals surface area contributed by atoms with Crippen LogP contribution in [0.5, 0.6) is 0 Å². The molecule has 214 valence electrons. The smallest absolute Gasteiger partial charge is 0.137 e. The molecule has 0 N–H and O–H groups in total. The van der Waals surface area contributed by atoms with E-state index in [1.54, 1.807) is 0 Å². The topological polar surface area (TPSA) is 26.0 Å². The van der Waals surface area contributed by atoms with Crippen LogP contribution < -0.4 is 0 Å². The molecule has 3 heterocycles. The van der Waals surface area contributed by atoms with E-state index in [-0.39, 0.29) is 0 Å². The van der Waals surface area contributed by atoms with Crippen molar-refractivity contribution in [1.29, 1.82) is 0 Å². The Labute approximate surface area is 268 Å². The Morgan fingerprint density at radius 3 is 2.09 bits per heavy atom. The second-order valence-corrected chi connectivity index (χ2v) is 13.0. The molecule has 0 saturated heterocycles. The molecule has 0 bridgehead atoms. The first kappa shape index (κ1) is 25.5. The molecule has 0 saturated carbocycles. The molecule has 0 fully saturated rings. The number of aromatic nitrogens is 1. The summed E-state index contributed by atoms with van der Waals surface area (Å²) in [4.78, 5) is 5.45. The summed E-state index contributed by atoms with van der Waals surface area (Å²) in [6.45, 7) is 0. The van der Waals surface area contributed by atoms with E-state index >= 15 is 0 Å². The average molecular weight is 604 g/mol. The lowest BCUT2D eigenvalue weighted by molar-refractivity contribution is 0.669. The van der Waals surface area contributed by atoms with Crippen molar-refractivity contribution in [2.75, 3.05) is 0 Å². The molecule has 0 aliphatic heterocycles. The molecule has 0 amide bonds. The largest absolute Gasteiger partial charge is 0.456 e. The standard InChI is InChI=1S/C43H25NOS/c1-2-9-26(10-3-1)34-25-36(30-13-8-12-28(23-30)29-18-22-40-35(24-29)32-15-6-7-16-39(32)46-40)44-43-33(34)19-21-38-42(43)41-31-14-5-4-11-27(31)17-20-37(41)45-38/h1-25H. The van der Waals surface area contributed by atoms with E-state index in [4.69, 9.17) is 9.40 Å². The first-order valence-electron chi connectivity index (χ1n) is 15.5. The molecule has 3 aromatic heterocycles. The number of fused-ring (bicyclic) bond motifs is 10. The number of nitrogens with zero attached hydrogens (tertiary/aromatic N) is 1. The molecule has 0 radical (unpaired) electrons. The predicted octanol–water partition coefficient (Wildman–Crippen LogP) is 12.7. The number of pyridine rings is 1. The number of rotatable bonds is 3. The van der Waals surface area contributed by atoms with E-state index < -0.39 is 0 Å². The summed E-state index contributed by atoms with van der Waals surface area (Å²) in [7, 11) is 0. The minimum absolute atomic E-state index is 0.854. The summed E-state index contributed by atoms with van der Waals surface area (Å²) in [5.74, 6) is 0. The number of thiophene rings is 1. The van der Waals surface area contributed by atoms with Gasteiger partial charge in [-0.05, 0) is 81.6 Å². The Morgan fingerprint density at radius 2 is 1.15 bits per heavy atom. The fourth-order valence-corrected chi connectivity index (χ4v) is 8.17. The highest BCUT2D eigenvalue weighted by atomic mass is 32.1. The highest BCUT2D eigenvalue weighted by molar-refractivity contribution is 7.25. The zero-order valence-corrected chi connectivity index (χ0v) is 25.5. The summed E-state index contributed by atoms with van der Waals surface area (Å²) in [5.41, 5.74) is 9.43. The van der Waals surface area contributed by atoms with Crippen LogP contribution in [0, 0.1) is 0 Å². The van der Waals surface area contributed by atoms with Crippen LogP contribution in [-0.4, -0.2) is 4.98 Å². The molecule has 10 aromatic rings. The van der Waals surface area contributed by atoms with Crippen LogP contribution in [0.1, 0.15) is 0 Å². The normalized spacial score (nSPS) is 11.9. The van der Waals surface area contributed by atoms with Crippen LogP contribution in [0.2, 0.25) is 0 Å². The summed E-state index contributed by atoms with van der Waals surface area (Å²) >= 11 is 1.85. The summed E-state index contributed by atoms with van der Waals surface area (Å²) < 4.78 is 9.09. The van der Waals surface area contributed by atoms with Gasteiger partial charge < -0.3 is 4.42 Å². The highest BCUT2D eigenvalue weighted by Gasteiger charge is 2.18.